The van der Waals surface area contributed by atoms with Crippen molar-refractivity contribution in [3.8, 4) is 0 Å². The van der Waals surface area contributed by atoms with Crippen molar-refractivity contribution < 1.29 is 21.1 Å². The number of thiocarbonyl (C=S) groups is 6. The molecule has 121 heavy (non-hydrogen) atoms. The summed E-state index contributed by atoms with van der Waals surface area (Å²) >= 11 is 63.7. The van der Waals surface area contributed by atoms with E-state index in [1.54, 1.807) is 0 Å². The van der Waals surface area contributed by atoms with Gasteiger partial charge in [0.2, 0.25) is 0 Å². The molecule has 12 aromatic rings. The van der Waals surface area contributed by atoms with Crippen molar-refractivity contribution in [3.05, 3.63) is 352 Å². The van der Waals surface area contributed by atoms with Gasteiger partial charge in [0, 0.05) is 89.3 Å². The third-order valence-electron chi connectivity index (χ3n) is 20.2. The van der Waals surface area contributed by atoms with Crippen LogP contribution >= 0.6 is 73.3 Å². The van der Waals surface area contributed by atoms with Gasteiger partial charge in [0.05, 0.1) is 0 Å². The van der Waals surface area contributed by atoms with E-state index in [0.717, 1.165) is 68.2 Å². The maximum Gasteiger partial charge on any atom is 0.0473 e. The van der Waals surface area contributed by atoms with Crippen LogP contribution in [0.3, 0.4) is 0 Å². The van der Waals surface area contributed by atoms with Crippen molar-refractivity contribution in [2.45, 2.75) is 166 Å². The summed E-state index contributed by atoms with van der Waals surface area (Å²) in [6, 6.07) is 75.9. The molecule has 0 aliphatic heterocycles. The second-order valence-electron chi connectivity index (χ2n) is 31.1. The van der Waals surface area contributed by atoms with Gasteiger partial charge in [0.25, 0.3) is 0 Å². The molecular formula is C102H108MoN6S12-6. The van der Waals surface area contributed by atoms with Crippen molar-refractivity contribution in [1.82, 2.24) is 0 Å². The minimum absolute atomic E-state index is 0. The van der Waals surface area contributed by atoms with Crippen LogP contribution in [0.4, 0.5) is 68.2 Å². The van der Waals surface area contributed by atoms with E-state index in [1.165, 1.54) is 134 Å². The molecule has 0 saturated heterocycles. The fraction of sp³-hybridized carbons (Fsp3) is 0.235. The number of nitrogens with zero attached hydrogens (tertiary/aromatic N) is 6. The van der Waals surface area contributed by atoms with E-state index in [1.807, 2.05) is 29.4 Å². The van der Waals surface area contributed by atoms with Gasteiger partial charge >= 0.3 is 0 Å². The number of hydrogen-bond donors (Lipinski definition) is 0. The summed E-state index contributed by atoms with van der Waals surface area (Å²) in [5.41, 5.74) is 41.7. The van der Waals surface area contributed by atoms with E-state index in [9.17, 15) is 0 Å². The maximum absolute atomic E-state index is 5.31. The average Bonchev–Trinajstić information content (AvgIpc) is 0.829. The molecule has 0 saturated carbocycles. The Morgan fingerprint density at radius 3 is 0.264 bits per heavy atom. The standard InChI is InChI=1S/6C17H19NS2.Mo/c6*1-11-5-7-15(13(3)9-11)18(17(19)20)16-8-6-12(2)10-14(16)4;/h6*5-10H,1-4H3,(H,19,20);/p-6. The monoisotopic (exact) mass is 1900 g/mol. The Morgan fingerprint density at radius 2 is 0.215 bits per heavy atom. The number of anilines is 12. The second kappa shape index (κ2) is 46.6. The molecule has 0 bridgehead atoms. The number of benzene rings is 12. The Labute approximate surface area is 803 Å². The molecule has 0 atom stereocenters. The van der Waals surface area contributed by atoms with Gasteiger partial charge in [-0.15, -0.1) is 0 Å². The summed E-state index contributed by atoms with van der Waals surface area (Å²) in [6.45, 7) is 50.1. The maximum atomic E-state index is 5.31. The minimum atomic E-state index is 0. The molecule has 0 aliphatic rings. The van der Waals surface area contributed by atoms with E-state index in [2.05, 4.69) is 385 Å². The van der Waals surface area contributed by atoms with Crippen molar-refractivity contribution >= 4 is 243 Å². The van der Waals surface area contributed by atoms with Crippen LogP contribution in [0.5, 0.6) is 0 Å². The minimum Gasteiger partial charge on any atom is -0.411 e. The van der Waals surface area contributed by atoms with Gasteiger partial charge in [-0.3, -0.25) is 0 Å². The largest absolute Gasteiger partial charge is 0.411 e. The molecule has 0 unspecified atom stereocenters. The summed E-state index contributed by atoms with van der Waals surface area (Å²) in [7, 11) is 0. The van der Waals surface area contributed by atoms with Crippen LogP contribution in [-0.4, -0.2) is 25.9 Å². The normalized spacial score (nSPS) is 10.3. The third-order valence-corrected chi connectivity index (χ3v) is 22.4. The predicted molar refractivity (Wildman–Crippen MR) is 564 cm³/mol. The fourth-order valence-electron chi connectivity index (χ4n) is 14.6. The van der Waals surface area contributed by atoms with E-state index >= 15 is 0 Å². The van der Waals surface area contributed by atoms with Gasteiger partial charge in [0.15, 0.2) is 0 Å². The summed E-state index contributed by atoms with van der Waals surface area (Å²) in [6.07, 6.45) is 0. The summed E-state index contributed by atoms with van der Waals surface area (Å²) in [5, 5.41) is 0. The SMILES string of the molecule is Cc1ccc(N(C(=S)[S-])c2ccc(C)cc2C)c(C)c1.Cc1ccc(N(C(=S)[S-])c2ccc(C)cc2C)c(C)c1.Cc1ccc(N(C(=S)[S-])c2ccc(C)cc2C)c(C)c1.Cc1ccc(N(C(=S)[S-])c2ccc(C)cc2C)c(C)c1.Cc1ccc(N(C(=S)[S-])c2ccc(C)cc2C)c(C)c1.Cc1ccc(N(C(=S)[S-])c2ccc(C)cc2C)c(C)c1.[Mo]. The molecule has 0 fully saturated rings. The topological polar surface area (TPSA) is 19.4 Å². The quantitative estimate of drug-likeness (QED) is 0.0657. The van der Waals surface area contributed by atoms with E-state index in [4.69, 9.17) is 149 Å². The molecule has 12 rings (SSSR count). The zero-order chi connectivity index (χ0) is 89.2. The average molecular weight is 1900 g/mol. The van der Waals surface area contributed by atoms with Crippen LogP contribution < -0.4 is 29.4 Å². The fourth-order valence-corrected chi connectivity index (χ4v) is 17.0. The van der Waals surface area contributed by atoms with E-state index in [0.29, 0.717) is 25.9 Å². The van der Waals surface area contributed by atoms with Crippen molar-refractivity contribution in [1.29, 1.82) is 0 Å². The van der Waals surface area contributed by atoms with Crippen molar-refractivity contribution in [3.63, 3.8) is 0 Å². The molecule has 0 heterocycles. The first-order chi connectivity index (χ1) is 56.4. The van der Waals surface area contributed by atoms with Crippen LogP contribution in [0.2, 0.25) is 0 Å². The number of rotatable bonds is 12. The molecule has 6 nitrogen and oxygen atoms in total. The zero-order valence-corrected chi connectivity index (χ0v) is 85.6. The molecule has 12 aromatic carbocycles. The Kier molecular flexibility index (Phi) is 39.2. The van der Waals surface area contributed by atoms with Gasteiger partial charge < -0.3 is 178 Å². The summed E-state index contributed by atoms with van der Waals surface area (Å²) < 4.78 is 2.69. The zero-order valence-electron chi connectivity index (χ0n) is 73.8. The van der Waals surface area contributed by atoms with Crippen LogP contribution in [0.25, 0.3) is 0 Å². The molecule has 0 spiro atoms. The van der Waals surface area contributed by atoms with Crippen LogP contribution in [-0.2, 0) is 96.8 Å². The summed E-state index contributed by atoms with van der Waals surface area (Å²) in [4.78, 5) is 11.9. The predicted octanol–water partition coefficient (Wildman–Crippen LogP) is 29.3. The van der Waals surface area contributed by atoms with Gasteiger partial charge in [-0.25, -0.2) is 0 Å². The van der Waals surface area contributed by atoms with Gasteiger partial charge in [-0.1, -0.05) is 238 Å². The first kappa shape index (κ1) is 102. The van der Waals surface area contributed by atoms with Crippen LogP contribution in [0, 0.1) is 166 Å². The molecule has 0 N–H and O–H groups in total. The Morgan fingerprint density at radius 1 is 0.149 bits per heavy atom. The Bertz CT molecular complexity index is 4580. The summed E-state index contributed by atoms with van der Waals surface area (Å²) in [5.74, 6) is 0. The van der Waals surface area contributed by atoms with E-state index in [-0.39, 0.29) is 21.1 Å². The van der Waals surface area contributed by atoms with Crippen molar-refractivity contribution in [2.75, 3.05) is 29.4 Å². The van der Waals surface area contributed by atoms with Crippen LogP contribution in [0.15, 0.2) is 218 Å². The Balaban J connectivity index is 0.000000225. The van der Waals surface area contributed by atoms with Crippen LogP contribution in [0.1, 0.15) is 134 Å². The van der Waals surface area contributed by atoms with Gasteiger partial charge in [-0.2, -0.15) is 0 Å². The smallest absolute Gasteiger partial charge is 0.0473 e. The molecule has 0 aliphatic carbocycles. The molecule has 19 heteroatoms. The third kappa shape index (κ3) is 28.0. The molecule has 0 amide bonds. The first-order valence-electron chi connectivity index (χ1n) is 39.3. The Hall–Kier alpha value is -8.01. The van der Waals surface area contributed by atoms with Crippen molar-refractivity contribution in [2.24, 2.45) is 0 Å². The second-order valence-corrected chi connectivity index (χ2v) is 37.3. The molecule has 630 valence electrons. The van der Waals surface area contributed by atoms with Gasteiger partial charge in [-0.05, 0) is 306 Å². The van der Waals surface area contributed by atoms with Gasteiger partial charge in [0.1, 0.15) is 0 Å². The molecule has 0 aromatic heterocycles. The first-order valence-corrected chi connectivity index (χ1v) is 44.2. The molecule has 0 radical (unpaired) electrons. The molecular weight excluding hydrogens is 1790 g/mol. The number of hydrogen-bond acceptors (Lipinski definition) is 12. The number of aryl methyl sites for hydroxylation is 24. The van der Waals surface area contributed by atoms with E-state index < -0.39 is 0 Å².